The molecule has 18 heavy (non-hydrogen) atoms. The Balaban J connectivity index is 1.95. The van der Waals surface area contributed by atoms with Crippen molar-refractivity contribution in [2.45, 2.75) is 32.2 Å². The van der Waals surface area contributed by atoms with Crippen LogP contribution in [-0.4, -0.2) is 25.8 Å². The molecule has 1 saturated heterocycles. The highest BCUT2D eigenvalue weighted by molar-refractivity contribution is 5.73. The number of rotatable bonds is 1. The Hall–Kier alpha value is -1.58. The van der Waals surface area contributed by atoms with E-state index in [1.807, 2.05) is 12.1 Å². The average Bonchev–Trinajstić information content (AvgIpc) is 2.39. The lowest BCUT2D eigenvalue weighted by Crippen LogP contribution is -2.37. The van der Waals surface area contributed by atoms with Crippen molar-refractivity contribution >= 4 is 11.4 Å². The first-order valence-electron chi connectivity index (χ1n) is 6.71. The van der Waals surface area contributed by atoms with E-state index in [9.17, 15) is 0 Å². The van der Waals surface area contributed by atoms with Crippen LogP contribution in [0.4, 0.5) is 11.4 Å². The molecule has 1 atom stereocenters. The molecule has 2 N–H and O–H groups in total. The summed E-state index contributed by atoms with van der Waals surface area (Å²) in [6.45, 7) is 4.55. The van der Waals surface area contributed by atoms with Gasteiger partial charge in [-0.05, 0) is 26.2 Å². The van der Waals surface area contributed by atoms with Crippen molar-refractivity contribution in [1.29, 1.82) is 0 Å². The normalized spacial score (nSPS) is 22.9. The van der Waals surface area contributed by atoms with E-state index in [0.29, 0.717) is 19.3 Å². The van der Waals surface area contributed by atoms with E-state index in [1.165, 1.54) is 19.3 Å². The third-order valence-electron chi connectivity index (χ3n) is 3.80. The van der Waals surface area contributed by atoms with Crippen LogP contribution in [0.25, 0.3) is 0 Å². The van der Waals surface area contributed by atoms with Gasteiger partial charge in [0.1, 0.15) is 13.2 Å². The third-order valence-corrected chi connectivity index (χ3v) is 3.80. The minimum Gasteiger partial charge on any atom is -0.486 e. The Kier molecular flexibility index (Phi) is 2.94. The number of piperidine rings is 1. The second kappa shape index (κ2) is 4.59. The van der Waals surface area contributed by atoms with E-state index in [2.05, 4.69) is 11.8 Å². The summed E-state index contributed by atoms with van der Waals surface area (Å²) >= 11 is 0. The Morgan fingerprint density at radius 3 is 2.61 bits per heavy atom. The van der Waals surface area contributed by atoms with Gasteiger partial charge in [-0.25, -0.2) is 0 Å². The number of nitrogens with two attached hydrogens (primary N) is 1. The second-order valence-corrected chi connectivity index (χ2v) is 5.09. The molecule has 0 radical (unpaired) electrons. The van der Waals surface area contributed by atoms with Gasteiger partial charge >= 0.3 is 0 Å². The van der Waals surface area contributed by atoms with E-state index in [-0.39, 0.29) is 0 Å². The lowest BCUT2D eigenvalue weighted by Gasteiger charge is -2.36. The van der Waals surface area contributed by atoms with Crippen LogP contribution < -0.4 is 20.1 Å². The molecule has 2 heterocycles. The number of nitrogen functional groups attached to an aromatic ring is 1. The topological polar surface area (TPSA) is 47.7 Å². The molecule has 1 unspecified atom stereocenters. The molecular formula is C14H20N2O2. The van der Waals surface area contributed by atoms with Crippen molar-refractivity contribution in [3.63, 3.8) is 0 Å². The zero-order valence-corrected chi connectivity index (χ0v) is 10.8. The quantitative estimate of drug-likeness (QED) is 0.775. The summed E-state index contributed by atoms with van der Waals surface area (Å²) in [7, 11) is 0. The van der Waals surface area contributed by atoms with Gasteiger partial charge in [-0.15, -0.1) is 0 Å². The fourth-order valence-corrected chi connectivity index (χ4v) is 2.80. The Morgan fingerprint density at radius 2 is 1.89 bits per heavy atom. The van der Waals surface area contributed by atoms with Gasteiger partial charge in [0, 0.05) is 24.7 Å². The molecule has 2 aliphatic heterocycles. The molecule has 0 saturated carbocycles. The summed E-state index contributed by atoms with van der Waals surface area (Å²) in [5, 5.41) is 0. The first-order chi connectivity index (χ1) is 8.75. The van der Waals surface area contributed by atoms with Crippen molar-refractivity contribution in [1.82, 2.24) is 0 Å². The maximum atomic E-state index is 6.16. The monoisotopic (exact) mass is 248 g/mol. The fourth-order valence-electron chi connectivity index (χ4n) is 2.80. The molecule has 0 spiro atoms. The fraction of sp³-hybridized carbons (Fsp3) is 0.571. The van der Waals surface area contributed by atoms with Gasteiger partial charge in [0.05, 0.1) is 11.4 Å². The number of nitrogens with zero attached hydrogens (tertiary/aromatic N) is 1. The molecule has 4 nitrogen and oxygen atoms in total. The molecule has 4 heteroatoms. The number of hydrogen-bond donors (Lipinski definition) is 1. The molecule has 3 rings (SSSR count). The van der Waals surface area contributed by atoms with Crippen molar-refractivity contribution in [3.8, 4) is 11.5 Å². The van der Waals surface area contributed by atoms with Crippen LogP contribution in [0.2, 0.25) is 0 Å². The first kappa shape index (κ1) is 11.5. The molecule has 0 aromatic heterocycles. The Bertz CT molecular complexity index is 448. The second-order valence-electron chi connectivity index (χ2n) is 5.09. The van der Waals surface area contributed by atoms with E-state index >= 15 is 0 Å². The number of ether oxygens (including phenoxy) is 2. The molecular weight excluding hydrogens is 228 g/mol. The lowest BCUT2D eigenvalue weighted by molar-refractivity contribution is 0.171. The van der Waals surface area contributed by atoms with Crippen LogP contribution in [0, 0.1) is 0 Å². The van der Waals surface area contributed by atoms with Gasteiger partial charge in [0.25, 0.3) is 0 Å². The van der Waals surface area contributed by atoms with Crippen LogP contribution in [0.15, 0.2) is 12.1 Å². The van der Waals surface area contributed by atoms with E-state index < -0.39 is 0 Å². The van der Waals surface area contributed by atoms with Crippen LogP contribution in [0.3, 0.4) is 0 Å². The molecule has 98 valence electrons. The number of benzene rings is 1. The minimum atomic E-state index is 0.545. The summed E-state index contributed by atoms with van der Waals surface area (Å²) < 4.78 is 11.2. The third kappa shape index (κ3) is 1.96. The summed E-state index contributed by atoms with van der Waals surface area (Å²) in [5.41, 5.74) is 8.03. The summed E-state index contributed by atoms with van der Waals surface area (Å²) in [6, 6.07) is 4.47. The minimum absolute atomic E-state index is 0.545. The molecule has 2 aliphatic rings. The van der Waals surface area contributed by atoms with Crippen molar-refractivity contribution in [3.05, 3.63) is 12.1 Å². The Morgan fingerprint density at radius 1 is 1.17 bits per heavy atom. The van der Waals surface area contributed by atoms with Crippen LogP contribution >= 0.6 is 0 Å². The molecule has 0 aliphatic carbocycles. The summed E-state index contributed by atoms with van der Waals surface area (Å²) in [6.07, 6.45) is 3.77. The van der Waals surface area contributed by atoms with Crippen LogP contribution in [0.5, 0.6) is 11.5 Å². The zero-order valence-electron chi connectivity index (χ0n) is 10.8. The van der Waals surface area contributed by atoms with Gasteiger partial charge < -0.3 is 20.1 Å². The first-order valence-corrected chi connectivity index (χ1v) is 6.71. The number of hydrogen-bond acceptors (Lipinski definition) is 4. The van der Waals surface area contributed by atoms with Gasteiger partial charge in [-0.2, -0.15) is 0 Å². The number of fused-ring (bicyclic) bond motifs is 1. The van der Waals surface area contributed by atoms with Crippen molar-refractivity contribution in [2.75, 3.05) is 30.4 Å². The zero-order chi connectivity index (χ0) is 12.5. The standard InChI is InChI=1S/C14H20N2O2/c1-10-4-2-3-5-16(10)12-9-14-13(8-11(12)15)17-6-7-18-14/h8-10H,2-7,15H2,1H3. The largest absolute Gasteiger partial charge is 0.486 e. The highest BCUT2D eigenvalue weighted by Gasteiger charge is 2.23. The van der Waals surface area contributed by atoms with Crippen molar-refractivity contribution in [2.24, 2.45) is 0 Å². The van der Waals surface area contributed by atoms with Gasteiger partial charge in [0.15, 0.2) is 11.5 Å². The van der Waals surface area contributed by atoms with Gasteiger partial charge in [0.2, 0.25) is 0 Å². The van der Waals surface area contributed by atoms with Gasteiger partial charge in [-0.1, -0.05) is 0 Å². The number of anilines is 2. The summed E-state index contributed by atoms with van der Waals surface area (Å²) in [4.78, 5) is 2.39. The predicted molar refractivity (Wildman–Crippen MR) is 72.5 cm³/mol. The predicted octanol–water partition coefficient (Wildman–Crippen LogP) is 2.42. The highest BCUT2D eigenvalue weighted by atomic mass is 16.6. The molecule has 0 bridgehead atoms. The smallest absolute Gasteiger partial charge is 0.163 e. The average molecular weight is 248 g/mol. The van der Waals surface area contributed by atoms with E-state index in [4.69, 9.17) is 15.2 Å². The lowest BCUT2D eigenvalue weighted by atomic mass is 10.0. The molecule has 0 amide bonds. The van der Waals surface area contributed by atoms with E-state index in [1.54, 1.807) is 0 Å². The Labute approximate surface area is 108 Å². The van der Waals surface area contributed by atoms with E-state index in [0.717, 1.165) is 29.4 Å². The van der Waals surface area contributed by atoms with Gasteiger partial charge in [-0.3, -0.25) is 0 Å². The molecule has 1 aromatic carbocycles. The molecule has 1 fully saturated rings. The van der Waals surface area contributed by atoms with Crippen LogP contribution in [0.1, 0.15) is 26.2 Å². The van der Waals surface area contributed by atoms with Crippen molar-refractivity contribution < 1.29 is 9.47 Å². The highest BCUT2D eigenvalue weighted by Crippen LogP contribution is 2.40. The maximum absolute atomic E-state index is 6.16. The summed E-state index contributed by atoms with van der Waals surface area (Å²) in [5.74, 6) is 1.59. The molecule has 1 aromatic rings. The SMILES string of the molecule is CC1CCCCN1c1cc2c(cc1N)OCCO2. The maximum Gasteiger partial charge on any atom is 0.163 e. The van der Waals surface area contributed by atoms with Crippen LogP contribution in [-0.2, 0) is 0 Å².